The molecule has 2 aromatic carbocycles. The molecular weight excluding hydrogens is 400 g/mol. The van der Waals surface area contributed by atoms with Crippen molar-refractivity contribution in [1.82, 2.24) is 0 Å². The summed E-state index contributed by atoms with van der Waals surface area (Å²) < 4.78 is 35.6. The molecular formula is C21H25ClO5S. The van der Waals surface area contributed by atoms with Crippen LogP contribution in [-0.4, -0.2) is 27.1 Å². The molecule has 0 amide bonds. The molecule has 0 aliphatic heterocycles. The second-order valence-corrected chi connectivity index (χ2v) is 8.40. The number of carbonyl (C=O) groups is 1. The Balaban J connectivity index is 2.07. The lowest BCUT2D eigenvalue weighted by Crippen LogP contribution is -2.30. The monoisotopic (exact) mass is 424 g/mol. The molecule has 0 fully saturated rings. The molecule has 0 saturated carbocycles. The van der Waals surface area contributed by atoms with Gasteiger partial charge in [0, 0.05) is 5.02 Å². The van der Waals surface area contributed by atoms with Crippen molar-refractivity contribution in [2.75, 3.05) is 6.61 Å². The second kappa shape index (κ2) is 11.2. The minimum Gasteiger partial charge on any atom is -0.464 e. The third-order valence-corrected chi connectivity index (χ3v) is 5.66. The van der Waals surface area contributed by atoms with Gasteiger partial charge in [-0.1, -0.05) is 61.3 Å². The lowest BCUT2D eigenvalue weighted by Gasteiger charge is -2.17. The van der Waals surface area contributed by atoms with Gasteiger partial charge in [-0.25, -0.2) is 4.79 Å². The fourth-order valence-electron chi connectivity index (χ4n) is 2.58. The molecule has 0 unspecified atom stereocenters. The zero-order valence-corrected chi connectivity index (χ0v) is 17.4. The Bertz CT molecular complexity index is 852. The van der Waals surface area contributed by atoms with Gasteiger partial charge in [0.2, 0.25) is 0 Å². The van der Waals surface area contributed by atoms with E-state index in [-0.39, 0.29) is 22.9 Å². The van der Waals surface area contributed by atoms with Crippen LogP contribution in [0, 0.1) is 0 Å². The zero-order valence-electron chi connectivity index (χ0n) is 15.8. The molecule has 0 N–H and O–H groups in total. The fraction of sp³-hybridized carbons (Fsp3) is 0.381. The summed E-state index contributed by atoms with van der Waals surface area (Å²) >= 11 is 5.87. The smallest absolute Gasteiger partial charge is 0.336 e. The molecule has 0 bridgehead atoms. The Hall–Kier alpha value is -1.89. The molecule has 7 heteroatoms. The molecule has 0 aliphatic rings. The number of aryl methyl sites for hydroxylation is 1. The molecule has 5 nitrogen and oxygen atoms in total. The second-order valence-electron chi connectivity index (χ2n) is 6.40. The van der Waals surface area contributed by atoms with Crippen LogP contribution in [0.2, 0.25) is 5.02 Å². The Morgan fingerprint density at radius 3 is 2.50 bits per heavy atom. The normalized spacial score (nSPS) is 12.5. The molecule has 0 aliphatic carbocycles. The highest BCUT2D eigenvalue weighted by Crippen LogP contribution is 2.21. The number of hydrogen-bond donors (Lipinski definition) is 0. The lowest BCUT2D eigenvalue weighted by atomic mass is 10.1. The Morgan fingerprint density at radius 1 is 1.07 bits per heavy atom. The van der Waals surface area contributed by atoms with Crippen LogP contribution in [0.25, 0.3) is 0 Å². The molecule has 2 aromatic rings. The van der Waals surface area contributed by atoms with E-state index in [0.717, 1.165) is 12.0 Å². The van der Waals surface area contributed by atoms with Gasteiger partial charge in [-0.2, -0.15) is 8.42 Å². The Morgan fingerprint density at radius 2 is 1.82 bits per heavy atom. The molecule has 152 valence electrons. The van der Waals surface area contributed by atoms with Crippen LogP contribution >= 0.6 is 11.6 Å². The number of carbonyl (C=O) groups excluding carboxylic acids is 1. The number of halogens is 1. The topological polar surface area (TPSA) is 69.7 Å². The van der Waals surface area contributed by atoms with Crippen LogP contribution in [0.15, 0.2) is 59.5 Å². The summed E-state index contributed by atoms with van der Waals surface area (Å²) in [5.74, 6) is -0.660. The first-order chi connectivity index (χ1) is 13.4. The molecule has 1 atom stereocenters. The quantitative estimate of drug-likeness (QED) is 0.295. The number of benzene rings is 2. The molecule has 2 rings (SSSR count). The molecule has 0 radical (unpaired) electrons. The highest BCUT2D eigenvalue weighted by atomic mass is 35.5. The summed E-state index contributed by atoms with van der Waals surface area (Å²) in [5, 5.41) is 0.274. The van der Waals surface area contributed by atoms with E-state index in [4.69, 9.17) is 20.5 Å². The summed E-state index contributed by atoms with van der Waals surface area (Å²) in [6.45, 7) is 2.22. The highest BCUT2D eigenvalue weighted by Gasteiger charge is 2.28. The standard InChI is InChI=1S/C21H25ClO5S/c1-2-3-15-26-21(23)20(14-7-11-17-9-5-4-6-10-17)27-28(24,25)19-13-8-12-18(22)16-19/h4-6,8-10,12-13,16,20H,2-3,7,11,14-15H2,1H3/t20-/m1/s1. The van der Waals surface area contributed by atoms with Crippen LogP contribution in [0.4, 0.5) is 0 Å². The molecule has 0 heterocycles. The van der Waals surface area contributed by atoms with E-state index in [1.165, 1.54) is 18.2 Å². The van der Waals surface area contributed by atoms with Gasteiger partial charge >= 0.3 is 5.97 Å². The van der Waals surface area contributed by atoms with Crippen molar-refractivity contribution in [2.24, 2.45) is 0 Å². The third-order valence-electron chi connectivity index (χ3n) is 4.11. The first-order valence-electron chi connectivity index (χ1n) is 9.32. The number of ether oxygens (including phenoxy) is 1. The van der Waals surface area contributed by atoms with E-state index >= 15 is 0 Å². The van der Waals surface area contributed by atoms with E-state index in [1.807, 2.05) is 37.3 Å². The van der Waals surface area contributed by atoms with Gasteiger partial charge in [0.15, 0.2) is 6.10 Å². The number of esters is 1. The van der Waals surface area contributed by atoms with Crippen molar-refractivity contribution in [1.29, 1.82) is 0 Å². The summed E-state index contributed by atoms with van der Waals surface area (Å²) in [6, 6.07) is 15.5. The van der Waals surface area contributed by atoms with Crippen molar-refractivity contribution in [3.05, 3.63) is 65.2 Å². The first kappa shape index (κ1) is 22.4. The number of hydrogen-bond acceptors (Lipinski definition) is 5. The predicted molar refractivity (Wildman–Crippen MR) is 109 cm³/mol. The Labute approximate surface area is 171 Å². The first-order valence-corrected chi connectivity index (χ1v) is 11.1. The van der Waals surface area contributed by atoms with Crippen molar-refractivity contribution >= 4 is 27.7 Å². The summed E-state index contributed by atoms with van der Waals surface area (Å²) in [5.41, 5.74) is 1.11. The van der Waals surface area contributed by atoms with Crippen LogP contribution in [0.3, 0.4) is 0 Å². The average Bonchev–Trinajstić information content (AvgIpc) is 2.68. The highest BCUT2D eigenvalue weighted by molar-refractivity contribution is 7.86. The predicted octanol–water partition coefficient (Wildman–Crippen LogP) is 4.78. The van der Waals surface area contributed by atoms with Crippen molar-refractivity contribution in [3.8, 4) is 0 Å². The maximum Gasteiger partial charge on any atom is 0.336 e. The van der Waals surface area contributed by atoms with E-state index < -0.39 is 22.2 Å². The van der Waals surface area contributed by atoms with E-state index in [0.29, 0.717) is 19.3 Å². The van der Waals surface area contributed by atoms with Crippen molar-refractivity contribution in [3.63, 3.8) is 0 Å². The number of unbranched alkanes of at least 4 members (excludes halogenated alkanes) is 1. The minimum atomic E-state index is -4.14. The Kier molecular flexibility index (Phi) is 8.96. The van der Waals surface area contributed by atoms with Gasteiger partial charge in [-0.3, -0.25) is 4.18 Å². The van der Waals surface area contributed by atoms with Gasteiger partial charge in [0.05, 0.1) is 11.5 Å². The maximum atomic E-state index is 12.6. The molecule has 0 spiro atoms. The molecule has 0 aromatic heterocycles. The third kappa shape index (κ3) is 7.26. The fourth-order valence-corrected chi connectivity index (χ4v) is 3.95. The summed E-state index contributed by atoms with van der Waals surface area (Å²) in [6.07, 6.45) is 1.92. The average molecular weight is 425 g/mol. The summed E-state index contributed by atoms with van der Waals surface area (Å²) in [4.78, 5) is 12.3. The van der Waals surface area contributed by atoms with Gasteiger partial charge < -0.3 is 4.74 Å². The SMILES string of the molecule is CCCCOC(=O)[C@@H](CCCc1ccccc1)OS(=O)(=O)c1cccc(Cl)c1. The van der Waals surface area contributed by atoms with Gasteiger partial charge in [0.1, 0.15) is 0 Å². The van der Waals surface area contributed by atoms with Gasteiger partial charge in [-0.15, -0.1) is 0 Å². The maximum absolute atomic E-state index is 12.6. The van der Waals surface area contributed by atoms with Crippen LogP contribution < -0.4 is 0 Å². The van der Waals surface area contributed by atoms with Crippen molar-refractivity contribution < 1.29 is 22.1 Å². The van der Waals surface area contributed by atoms with E-state index in [9.17, 15) is 13.2 Å². The van der Waals surface area contributed by atoms with E-state index in [1.54, 1.807) is 6.07 Å². The van der Waals surface area contributed by atoms with E-state index in [2.05, 4.69) is 0 Å². The lowest BCUT2D eigenvalue weighted by molar-refractivity contribution is -0.152. The minimum absolute atomic E-state index is 0.0885. The largest absolute Gasteiger partial charge is 0.464 e. The molecule has 0 saturated heterocycles. The van der Waals surface area contributed by atoms with Crippen molar-refractivity contribution in [2.45, 2.75) is 50.0 Å². The van der Waals surface area contributed by atoms with Crippen LogP contribution in [0.5, 0.6) is 0 Å². The van der Waals surface area contributed by atoms with Gasteiger partial charge in [-0.05, 0) is 49.4 Å². The molecule has 28 heavy (non-hydrogen) atoms. The zero-order chi connectivity index (χ0) is 20.4. The van der Waals surface area contributed by atoms with Gasteiger partial charge in [0.25, 0.3) is 10.1 Å². The number of rotatable bonds is 11. The summed E-state index contributed by atoms with van der Waals surface area (Å²) in [7, 11) is -4.14. The van der Waals surface area contributed by atoms with Crippen LogP contribution in [0.1, 0.15) is 38.2 Å². The van der Waals surface area contributed by atoms with Crippen LogP contribution in [-0.2, 0) is 30.3 Å².